The van der Waals surface area contributed by atoms with Crippen LogP contribution in [0.4, 0.5) is 10.1 Å². The molecule has 0 aliphatic carbocycles. The molecule has 140 valence electrons. The van der Waals surface area contributed by atoms with Crippen molar-refractivity contribution in [2.24, 2.45) is 7.05 Å². The number of carbonyl (C=O) groups is 1. The van der Waals surface area contributed by atoms with Crippen LogP contribution in [0.5, 0.6) is 5.75 Å². The number of thioether (sulfide) groups is 1. The number of methoxy groups -OCH3 is 1. The lowest BCUT2D eigenvalue weighted by Crippen LogP contribution is -2.15. The molecule has 2 aromatic carbocycles. The van der Waals surface area contributed by atoms with Gasteiger partial charge in [-0.2, -0.15) is 0 Å². The van der Waals surface area contributed by atoms with Crippen LogP contribution in [0.2, 0.25) is 0 Å². The van der Waals surface area contributed by atoms with Gasteiger partial charge < -0.3 is 14.6 Å². The summed E-state index contributed by atoms with van der Waals surface area (Å²) in [5.41, 5.74) is 2.09. The fourth-order valence-corrected chi connectivity index (χ4v) is 3.30. The van der Waals surface area contributed by atoms with Crippen LogP contribution in [-0.2, 0) is 11.8 Å². The number of hydrogen-bond acceptors (Lipinski definition) is 5. The molecule has 3 rings (SSSR count). The summed E-state index contributed by atoms with van der Waals surface area (Å²) in [6.45, 7) is 1.74. The van der Waals surface area contributed by atoms with Crippen molar-refractivity contribution in [1.82, 2.24) is 14.8 Å². The molecule has 0 unspecified atom stereocenters. The van der Waals surface area contributed by atoms with E-state index in [-0.39, 0.29) is 17.5 Å². The first kappa shape index (κ1) is 18.9. The van der Waals surface area contributed by atoms with Crippen molar-refractivity contribution in [3.63, 3.8) is 0 Å². The van der Waals surface area contributed by atoms with Gasteiger partial charge in [-0.05, 0) is 42.8 Å². The third-order valence-electron chi connectivity index (χ3n) is 3.98. The van der Waals surface area contributed by atoms with Crippen LogP contribution in [0, 0.1) is 12.7 Å². The smallest absolute Gasteiger partial charge is 0.234 e. The Morgan fingerprint density at radius 3 is 2.78 bits per heavy atom. The number of halogens is 1. The van der Waals surface area contributed by atoms with Crippen LogP contribution >= 0.6 is 11.8 Å². The van der Waals surface area contributed by atoms with E-state index < -0.39 is 0 Å². The van der Waals surface area contributed by atoms with Gasteiger partial charge in [-0.15, -0.1) is 10.2 Å². The second kappa shape index (κ2) is 8.22. The van der Waals surface area contributed by atoms with Gasteiger partial charge in [-0.1, -0.05) is 23.9 Å². The lowest BCUT2D eigenvalue weighted by Gasteiger charge is -2.09. The summed E-state index contributed by atoms with van der Waals surface area (Å²) in [5, 5.41) is 11.8. The Labute approximate surface area is 160 Å². The predicted octanol–water partition coefficient (Wildman–Crippen LogP) is 3.67. The third-order valence-corrected chi connectivity index (χ3v) is 5.00. The number of amides is 1. The second-order valence-corrected chi connectivity index (χ2v) is 6.80. The zero-order chi connectivity index (χ0) is 19.4. The standard InChI is InChI=1S/C19H19FN4O2S/c1-12-10-13(20)8-9-15(12)21-17(25)11-27-19-23-22-18(24(19)2)14-6-4-5-7-16(14)26-3/h4-10H,11H2,1-3H3,(H,21,25). The van der Waals surface area contributed by atoms with Crippen LogP contribution in [0.3, 0.4) is 0 Å². The molecule has 3 aromatic rings. The molecule has 0 bridgehead atoms. The van der Waals surface area contributed by atoms with E-state index >= 15 is 0 Å². The quantitative estimate of drug-likeness (QED) is 0.655. The Bertz CT molecular complexity index is 974. The molecule has 1 N–H and O–H groups in total. The van der Waals surface area contributed by atoms with E-state index in [9.17, 15) is 9.18 Å². The summed E-state index contributed by atoms with van der Waals surface area (Å²) in [5.74, 6) is 0.993. The fraction of sp³-hybridized carbons (Fsp3) is 0.211. The number of ether oxygens (including phenoxy) is 1. The maximum atomic E-state index is 13.2. The highest BCUT2D eigenvalue weighted by Crippen LogP contribution is 2.30. The summed E-state index contributed by atoms with van der Waals surface area (Å²) in [4.78, 5) is 12.2. The number of carbonyl (C=O) groups excluding carboxylic acids is 1. The second-order valence-electron chi connectivity index (χ2n) is 5.86. The van der Waals surface area contributed by atoms with Gasteiger partial charge in [0.05, 0.1) is 18.4 Å². The Morgan fingerprint density at radius 1 is 1.26 bits per heavy atom. The molecule has 0 spiro atoms. The van der Waals surface area contributed by atoms with E-state index in [1.54, 1.807) is 20.1 Å². The number of hydrogen-bond donors (Lipinski definition) is 1. The fourth-order valence-electron chi connectivity index (χ4n) is 2.59. The van der Waals surface area contributed by atoms with Crippen LogP contribution < -0.4 is 10.1 Å². The lowest BCUT2D eigenvalue weighted by molar-refractivity contribution is -0.113. The topological polar surface area (TPSA) is 69.0 Å². The highest BCUT2D eigenvalue weighted by Gasteiger charge is 2.16. The van der Waals surface area contributed by atoms with Gasteiger partial charge in [-0.3, -0.25) is 4.79 Å². The molecule has 6 nitrogen and oxygen atoms in total. The molecule has 0 atom stereocenters. The number of nitrogens with one attached hydrogen (secondary N) is 1. The summed E-state index contributed by atoms with van der Waals surface area (Å²) < 4.78 is 20.3. The van der Waals surface area contributed by atoms with Crippen molar-refractivity contribution in [3.8, 4) is 17.1 Å². The third kappa shape index (κ3) is 4.28. The minimum Gasteiger partial charge on any atom is -0.496 e. The van der Waals surface area contributed by atoms with Crippen LogP contribution in [0.25, 0.3) is 11.4 Å². The Morgan fingerprint density at radius 2 is 2.04 bits per heavy atom. The summed E-state index contributed by atoms with van der Waals surface area (Å²) in [7, 11) is 3.44. The van der Waals surface area contributed by atoms with E-state index in [2.05, 4.69) is 15.5 Å². The number of anilines is 1. The highest BCUT2D eigenvalue weighted by molar-refractivity contribution is 7.99. The van der Waals surface area contributed by atoms with E-state index in [0.717, 1.165) is 5.56 Å². The minimum atomic E-state index is -0.331. The Balaban J connectivity index is 1.68. The number of aryl methyl sites for hydroxylation is 1. The maximum absolute atomic E-state index is 13.2. The van der Waals surface area contributed by atoms with Gasteiger partial charge in [0.15, 0.2) is 11.0 Å². The molecule has 1 aromatic heterocycles. The number of rotatable bonds is 6. The minimum absolute atomic E-state index is 0.161. The molecule has 8 heteroatoms. The van der Waals surface area contributed by atoms with Gasteiger partial charge in [0, 0.05) is 12.7 Å². The molecule has 0 aliphatic heterocycles. The van der Waals surface area contributed by atoms with Crippen LogP contribution in [0.1, 0.15) is 5.56 Å². The highest BCUT2D eigenvalue weighted by atomic mass is 32.2. The predicted molar refractivity (Wildman–Crippen MR) is 103 cm³/mol. The molecular formula is C19H19FN4O2S. The first-order valence-electron chi connectivity index (χ1n) is 8.21. The molecule has 1 heterocycles. The number of aromatic nitrogens is 3. The zero-order valence-corrected chi connectivity index (χ0v) is 16.0. The van der Waals surface area contributed by atoms with E-state index in [1.165, 1.54) is 23.9 Å². The number of para-hydroxylation sites is 1. The van der Waals surface area contributed by atoms with Crippen molar-refractivity contribution in [2.45, 2.75) is 12.1 Å². The molecule has 27 heavy (non-hydrogen) atoms. The maximum Gasteiger partial charge on any atom is 0.234 e. The molecule has 0 radical (unpaired) electrons. The summed E-state index contributed by atoms with van der Waals surface area (Å²) in [6.07, 6.45) is 0. The Hall–Kier alpha value is -2.87. The van der Waals surface area contributed by atoms with E-state index in [0.29, 0.717) is 28.0 Å². The number of nitrogens with zero attached hydrogens (tertiary/aromatic N) is 3. The summed E-state index contributed by atoms with van der Waals surface area (Å²) >= 11 is 1.27. The lowest BCUT2D eigenvalue weighted by atomic mass is 10.2. The summed E-state index contributed by atoms with van der Waals surface area (Å²) in [6, 6.07) is 11.8. The molecule has 0 saturated heterocycles. The van der Waals surface area contributed by atoms with Gasteiger partial charge in [0.1, 0.15) is 11.6 Å². The normalized spacial score (nSPS) is 10.7. The number of benzene rings is 2. The van der Waals surface area contributed by atoms with Gasteiger partial charge >= 0.3 is 0 Å². The van der Waals surface area contributed by atoms with Gasteiger partial charge in [0.2, 0.25) is 5.91 Å². The largest absolute Gasteiger partial charge is 0.496 e. The van der Waals surface area contributed by atoms with Crippen molar-refractivity contribution < 1.29 is 13.9 Å². The van der Waals surface area contributed by atoms with Crippen molar-refractivity contribution in [1.29, 1.82) is 0 Å². The Kier molecular flexibility index (Phi) is 5.75. The van der Waals surface area contributed by atoms with Gasteiger partial charge in [0.25, 0.3) is 0 Å². The monoisotopic (exact) mass is 386 g/mol. The van der Waals surface area contributed by atoms with Gasteiger partial charge in [-0.25, -0.2) is 4.39 Å². The van der Waals surface area contributed by atoms with Crippen LogP contribution in [0.15, 0.2) is 47.6 Å². The van der Waals surface area contributed by atoms with E-state index in [4.69, 9.17) is 4.74 Å². The van der Waals surface area contributed by atoms with Crippen molar-refractivity contribution in [3.05, 3.63) is 53.8 Å². The molecule has 0 aliphatic rings. The first-order valence-corrected chi connectivity index (χ1v) is 9.19. The van der Waals surface area contributed by atoms with Crippen molar-refractivity contribution in [2.75, 3.05) is 18.2 Å². The van der Waals surface area contributed by atoms with E-state index in [1.807, 2.05) is 35.9 Å². The zero-order valence-electron chi connectivity index (χ0n) is 15.2. The molecule has 0 saturated carbocycles. The van der Waals surface area contributed by atoms with Crippen LogP contribution in [-0.4, -0.2) is 33.5 Å². The average Bonchev–Trinajstić information content (AvgIpc) is 3.02. The molecule has 0 fully saturated rings. The van der Waals surface area contributed by atoms with Crippen molar-refractivity contribution >= 4 is 23.4 Å². The molecular weight excluding hydrogens is 367 g/mol. The first-order chi connectivity index (χ1) is 13.0. The SMILES string of the molecule is COc1ccccc1-c1nnc(SCC(=O)Nc2ccc(F)cc2C)n1C. The average molecular weight is 386 g/mol. The molecule has 1 amide bonds.